The molecule has 0 bridgehead atoms. The number of carbonyl (C=O) groups is 1. The number of hydrogen-bond acceptors (Lipinski definition) is 5. The quantitative estimate of drug-likeness (QED) is 0.855. The smallest absolute Gasteiger partial charge is 0.264 e. The van der Waals surface area contributed by atoms with Crippen LogP contribution >= 0.6 is 0 Å². The second-order valence-electron chi connectivity index (χ2n) is 5.25. The van der Waals surface area contributed by atoms with E-state index in [-0.39, 0.29) is 11.0 Å². The number of nitrogens with one attached hydrogen (secondary N) is 1. The van der Waals surface area contributed by atoms with Crippen LogP contribution in [0.15, 0.2) is 35.2 Å². The first-order valence-electron chi connectivity index (χ1n) is 7.34. The summed E-state index contributed by atoms with van der Waals surface area (Å²) in [6, 6.07) is 7.75. The predicted molar refractivity (Wildman–Crippen MR) is 80.8 cm³/mol. The predicted octanol–water partition coefficient (Wildman–Crippen LogP) is 1.47. The summed E-state index contributed by atoms with van der Waals surface area (Å²) in [4.78, 5) is 12.0. The van der Waals surface area contributed by atoms with Gasteiger partial charge in [-0.25, -0.2) is 13.1 Å². The summed E-state index contributed by atoms with van der Waals surface area (Å²) >= 11 is 0. The lowest BCUT2D eigenvalue weighted by Gasteiger charge is -2.23. The second-order valence-corrected chi connectivity index (χ2v) is 6.93. The normalized spacial score (nSPS) is 20.3. The lowest BCUT2D eigenvalue weighted by atomic mass is 10.1. The van der Waals surface area contributed by atoms with Crippen molar-refractivity contribution in [1.29, 1.82) is 0 Å². The highest BCUT2D eigenvalue weighted by atomic mass is 32.2. The maximum atomic E-state index is 12.0. The van der Waals surface area contributed by atoms with Crippen LogP contribution in [0.3, 0.4) is 0 Å². The fourth-order valence-electron chi connectivity index (χ4n) is 2.14. The van der Waals surface area contributed by atoms with Gasteiger partial charge in [0.1, 0.15) is 6.10 Å². The molecule has 0 aliphatic carbocycles. The van der Waals surface area contributed by atoms with E-state index >= 15 is 0 Å². The van der Waals surface area contributed by atoms with Gasteiger partial charge in [-0.3, -0.25) is 4.79 Å². The SMILES string of the molecule is C[C@H](OC[C@@H]1CCCCO1)C(=O)NS(=O)(=O)c1ccccc1. The molecule has 0 spiro atoms. The molecule has 1 amide bonds. The molecular weight excluding hydrogens is 306 g/mol. The summed E-state index contributed by atoms with van der Waals surface area (Å²) in [6.07, 6.45) is 2.15. The van der Waals surface area contributed by atoms with Gasteiger partial charge >= 0.3 is 0 Å². The molecule has 1 aromatic rings. The lowest BCUT2D eigenvalue weighted by molar-refractivity contribution is -0.133. The van der Waals surface area contributed by atoms with Gasteiger partial charge in [0, 0.05) is 6.61 Å². The molecule has 1 saturated heterocycles. The van der Waals surface area contributed by atoms with E-state index in [1.165, 1.54) is 19.1 Å². The Morgan fingerprint density at radius 2 is 2.09 bits per heavy atom. The first-order valence-corrected chi connectivity index (χ1v) is 8.82. The van der Waals surface area contributed by atoms with Crippen LogP contribution < -0.4 is 4.72 Å². The van der Waals surface area contributed by atoms with Gasteiger partial charge < -0.3 is 9.47 Å². The molecule has 1 aromatic carbocycles. The number of ether oxygens (including phenoxy) is 2. The van der Waals surface area contributed by atoms with Crippen molar-refractivity contribution < 1.29 is 22.7 Å². The summed E-state index contributed by atoms with van der Waals surface area (Å²) in [7, 11) is -3.86. The van der Waals surface area contributed by atoms with Gasteiger partial charge in [0.05, 0.1) is 17.6 Å². The Bertz CT molecular complexity index is 581. The molecule has 0 saturated carbocycles. The minimum atomic E-state index is -3.86. The topological polar surface area (TPSA) is 81.7 Å². The molecule has 1 N–H and O–H groups in total. The van der Waals surface area contributed by atoms with E-state index in [1.807, 2.05) is 4.72 Å². The van der Waals surface area contributed by atoms with Crippen molar-refractivity contribution in [2.45, 2.75) is 43.3 Å². The molecule has 0 unspecified atom stereocenters. The molecule has 1 fully saturated rings. The minimum Gasteiger partial charge on any atom is -0.376 e. The molecule has 7 heteroatoms. The van der Waals surface area contributed by atoms with Crippen LogP contribution in [0.5, 0.6) is 0 Å². The molecule has 0 radical (unpaired) electrons. The monoisotopic (exact) mass is 327 g/mol. The third-order valence-electron chi connectivity index (χ3n) is 3.46. The molecule has 122 valence electrons. The van der Waals surface area contributed by atoms with Crippen LogP contribution in [-0.4, -0.2) is 39.7 Å². The molecule has 1 heterocycles. The fraction of sp³-hybridized carbons (Fsp3) is 0.533. The molecule has 1 aliphatic heterocycles. The van der Waals surface area contributed by atoms with E-state index in [2.05, 4.69) is 0 Å². The first-order chi connectivity index (χ1) is 10.5. The van der Waals surface area contributed by atoms with Crippen LogP contribution in [0.25, 0.3) is 0 Å². The van der Waals surface area contributed by atoms with Gasteiger partial charge in [0.2, 0.25) is 0 Å². The van der Waals surface area contributed by atoms with E-state index < -0.39 is 22.0 Å². The fourth-order valence-corrected chi connectivity index (χ4v) is 3.20. The largest absolute Gasteiger partial charge is 0.376 e. The van der Waals surface area contributed by atoms with Crippen molar-refractivity contribution in [3.8, 4) is 0 Å². The summed E-state index contributed by atoms with van der Waals surface area (Å²) in [5.74, 6) is -0.681. The Kier molecular flexibility index (Phi) is 5.93. The number of benzene rings is 1. The highest BCUT2D eigenvalue weighted by molar-refractivity contribution is 7.90. The first kappa shape index (κ1) is 16.9. The summed E-state index contributed by atoms with van der Waals surface area (Å²) in [5.41, 5.74) is 0. The van der Waals surface area contributed by atoms with Crippen LogP contribution in [0.2, 0.25) is 0 Å². The molecule has 1 aliphatic rings. The molecule has 2 rings (SSSR count). The maximum absolute atomic E-state index is 12.0. The zero-order chi connectivity index (χ0) is 16.0. The standard InChI is InChI=1S/C15H21NO5S/c1-12(21-11-13-7-5-6-10-20-13)15(17)16-22(18,19)14-8-3-2-4-9-14/h2-4,8-9,12-13H,5-7,10-11H2,1H3,(H,16,17)/t12-,13-/m0/s1. The van der Waals surface area contributed by atoms with Crippen molar-refractivity contribution >= 4 is 15.9 Å². The van der Waals surface area contributed by atoms with Crippen LogP contribution in [0, 0.1) is 0 Å². The van der Waals surface area contributed by atoms with Gasteiger partial charge in [-0.05, 0) is 38.3 Å². The average molecular weight is 327 g/mol. The van der Waals surface area contributed by atoms with Crippen LogP contribution in [0.1, 0.15) is 26.2 Å². The van der Waals surface area contributed by atoms with Crippen molar-refractivity contribution in [2.75, 3.05) is 13.2 Å². The Balaban J connectivity index is 1.85. The highest BCUT2D eigenvalue weighted by Gasteiger charge is 2.23. The number of amides is 1. The van der Waals surface area contributed by atoms with Crippen LogP contribution in [0.4, 0.5) is 0 Å². The zero-order valence-electron chi connectivity index (χ0n) is 12.5. The summed E-state index contributed by atoms with van der Waals surface area (Å²) in [6.45, 7) is 2.52. The summed E-state index contributed by atoms with van der Waals surface area (Å²) < 4.78 is 37.0. The van der Waals surface area contributed by atoms with Gasteiger partial charge in [0.15, 0.2) is 0 Å². The maximum Gasteiger partial charge on any atom is 0.264 e. The average Bonchev–Trinajstić information content (AvgIpc) is 2.54. The molecule has 2 atom stereocenters. The van der Waals surface area contributed by atoms with Gasteiger partial charge in [-0.15, -0.1) is 0 Å². The Hall–Kier alpha value is -1.44. The van der Waals surface area contributed by atoms with E-state index in [0.29, 0.717) is 13.2 Å². The zero-order valence-corrected chi connectivity index (χ0v) is 13.3. The van der Waals surface area contributed by atoms with Crippen LogP contribution in [-0.2, 0) is 24.3 Å². The second kappa shape index (κ2) is 7.71. The van der Waals surface area contributed by atoms with Crippen molar-refractivity contribution in [3.05, 3.63) is 30.3 Å². The van der Waals surface area contributed by atoms with Gasteiger partial charge in [-0.1, -0.05) is 18.2 Å². The Morgan fingerprint density at radius 1 is 1.36 bits per heavy atom. The molecule has 22 heavy (non-hydrogen) atoms. The van der Waals surface area contributed by atoms with Gasteiger partial charge in [0.25, 0.3) is 15.9 Å². The molecule has 6 nitrogen and oxygen atoms in total. The van der Waals surface area contributed by atoms with E-state index in [4.69, 9.17) is 9.47 Å². The third kappa shape index (κ3) is 4.79. The van der Waals surface area contributed by atoms with Crippen molar-refractivity contribution in [3.63, 3.8) is 0 Å². The van der Waals surface area contributed by atoms with E-state index in [9.17, 15) is 13.2 Å². The third-order valence-corrected chi connectivity index (χ3v) is 4.83. The Labute approximate surface area is 130 Å². The number of rotatable bonds is 6. The number of carbonyl (C=O) groups excluding carboxylic acids is 1. The Morgan fingerprint density at radius 3 is 2.73 bits per heavy atom. The van der Waals surface area contributed by atoms with Gasteiger partial charge in [-0.2, -0.15) is 0 Å². The number of hydrogen-bond donors (Lipinski definition) is 1. The minimum absolute atomic E-state index is 0.0188. The lowest BCUT2D eigenvalue weighted by Crippen LogP contribution is -2.40. The van der Waals surface area contributed by atoms with E-state index in [1.54, 1.807) is 18.2 Å². The highest BCUT2D eigenvalue weighted by Crippen LogP contribution is 2.13. The van der Waals surface area contributed by atoms with Crippen molar-refractivity contribution in [2.24, 2.45) is 0 Å². The van der Waals surface area contributed by atoms with Crippen molar-refractivity contribution in [1.82, 2.24) is 4.72 Å². The summed E-state index contributed by atoms with van der Waals surface area (Å²) in [5, 5.41) is 0. The number of sulfonamides is 1. The van der Waals surface area contributed by atoms with E-state index in [0.717, 1.165) is 19.3 Å². The molecule has 0 aromatic heterocycles. The molecular formula is C15H21NO5S.